The molecule has 5 heteroatoms. The van der Waals surface area contributed by atoms with Gasteiger partial charge in [-0.2, -0.15) is 0 Å². The SMILES string of the molecule is [B][C@@H]1O[C@@H]2COCO[C@@H]2C1O. The van der Waals surface area contributed by atoms with Gasteiger partial charge in [-0.25, -0.2) is 0 Å². The van der Waals surface area contributed by atoms with Gasteiger partial charge in [0.25, 0.3) is 0 Å². The van der Waals surface area contributed by atoms with Crippen molar-refractivity contribution in [2.45, 2.75) is 24.3 Å². The lowest BCUT2D eigenvalue weighted by atomic mass is 9.93. The summed E-state index contributed by atoms with van der Waals surface area (Å²) in [4.78, 5) is 0. The molecule has 0 aromatic carbocycles. The first-order valence-electron chi connectivity index (χ1n) is 3.57. The molecule has 0 aromatic rings. The summed E-state index contributed by atoms with van der Waals surface area (Å²) in [6.07, 6.45) is -1.23. The maximum Gasteiger partial charge on any atom is 0.147 e. The van der Waals surface area contributed by atoms with E-state index in [9.17, 15) is 5.11 Å². The Morgan fingerprint density at radius 2 is 2.27 bits per heavy atom. The highest BCUT2D eigenvalue weighted by molar-refractivity contribution is 6.11. The Bertz CT molecular complexity index is 154. The van der Waals surface area contributed by atoms with Gasteiger partial charge in [0, 0.05) is 6.00 Å². The van der Waals surface area contributed by atoms with E-state index in [0.717, 1.165) is 0 Å². The fourth-order valence-electron chi connectivity index (χ4n) is 1.40. The summed E-state index contributed by atoms with van der Waals surface area (Å²) >= 11 is 0. The molecule has 60 valence electrons. The quantitative estimate of drug-likeness (QED) is 0.439. The fraction of sp³-hybridized carbons (Fsp3) is 1.00. The number of aliphatic hydroxyl groups is 1. The predicted octanol–water partition coefficient (Wildman–Crippen LogP) is -1.39. The molecule has 0 aliphatic carbocycles. The summed E-state index contributed by atoms with van der Waals surface area (Å²) in [6, 6.07) is -0.633. The fourth-order valence-corrected chi connectivity index (χ4v) is 1.40. The molecule has 2 radical (unpaired) electrons. The van der Waals surface area contributed by atoms with E-state index in [4.69, 9.17) is 22.1 Å². The van der Waals surface area contributed by atoms with Crippen LogP contribution in [0.25, 0.3) is 0 Å². The Balaban J connectivity index is 2.05. The minimum atomic E-state index is -0.719. The van der Waals surface area contributed by atoms with Crippen molar-refractivity contribution in [3.05, 3.63) is 0 Å². The van der Waals surface area contributed by atoms with Gasteiger partial charge in [-0.3, -0.25) is 0 Å². The van der Waals surface area contributed by atoms with Gasteiger partial charge in [0.2, 0.25) is 0 Å². The van der Waals surface area contributed by atoms with E-state index in [1.165, 1.54) is 0 Å². The number of ether oxygens (including phenoxy) is 3. The number of aliphatic hydroxyl groups excluding tert-OH is 1. The highest BCUT2D eigenvalue weighted by Crippen LogP contribution is 2.24. The second kappa shape index (κ2) is 2.75. The normalized spacial score (nSPS) is 50.6. The average Bonchev–Trinajstić information content (AvgIpc) is 2.30. The molecule has 2 rings (SSSR count). The smallest absolute Gasteiger partial charge is 0.147 e. The summed E-state index contributed by atoms with van der Waals surface area (Å²) in [5.74, 6) is 0. The van der Waals surface area contributed by atoms with Gasteiger partial charge in [0.1, 0.15) is 33.0 Å². The maximum atomic E-state index is 9.36. The summed E-state index contributed by atoms with van der Waals surface area (Å²) in [5, 5.41) is 9.36. The average molecular weight is 156 g/mol. The van der Waals surface area contributed by atoms with Crippen LogP contribution in [-0.2, 0) is 14.2 Å². The molecule has 0 spiro atoms. The zero-order valence-corrected chi connectivity index (χ0v) is 5.97. The van der Waals surface area contributed by atoms with E-state index in [-0.39, 0.29) is 19.0 Å². The van der Waals surface area contributed by atoms with E-state index in [0.29, 0.717) is 6.61 Å². The second-order valence-corrected chi connectivity index (χ2v) is 2.75. The Hall–Kier alpha value is -0.0951. The molecule has 2 aliphatic rings. The molecule has 4 nitrogen and oxygen atoms in total. The van der Waals surface area contributed by atoms with Crippen molar-refractivity contribution >= 4 is 7.85 Å². The van der Waals surface area contributed by atoms with Gasteiger partial charge in [-0.05, 0) is 0 Å². The first-order chi connectivity index (χ1) is 5.29. The van der Waals surface area contributed by atoms with Crippen LogP contribution in [0.1, 0.15) is 0 Å². The third kappa shape index (κ3) is 1.18. The lowest BCUT2D eigenvalue weighted by Crippen LogP contribution is -2.41. The molecule has 1 unspecified atom stereocenters. The zero-order chi connectivity index (χ0) is 7.84. The van der Waals surface area contributed by atoms with Crippen LogP contribution in [0, 0.1) is 0 Å². The predicted molar refractivity (Wildman–Crippen MR) is 36.1 cm³/mol. The van der Waals surface area contributed by atoms with Crippen LogP contribution >= 0.6 is 0 Å². The topological polar surface area (TPSA) is 47.9 Å². The number of hydrogen-bond acceptors (Lipinski definition) is 4. The van der Waals surface area contributed by atoms with E-state index in [1.807, 2.05) is 0 Å². The van der Waals surface area contributed by atoms with Crippen molar-refractivity contribution in [3.63, 3.8) is 0 Å². The van der Waals surface area contributed by atoms with Crippen LogP contribution in [0.4, 0.5) is 0 Å². The molecular weight excluding hydrogens is 147 g/mol. The van der Waals surface area contributed by atoms with Crippen LogP contribution in [0.15, 0.2) is 0 Å². The molecule has 11 heavy (non-hydrogen) atoms. The molecule has 0 amide bonds. The second-order valence-electron chi connectivity index (χ2n) is 2.75. The summed E-state index contributed by atoms with van der Waals surface area (Å²) in [5.41, 5.74) is 0. The summed E-state index contributed by atoms with van der Waals surface area (Å²) < 4.78 is 15.2. The third-order valence-corrected chi connectivity index (χ3v) is 2.00. The molecule has 2 aliphatic heterocycles. The van der Waals surface area contributed by atoms with Crippen LogP contribution in [0.3, 0.4) is 0 Å². The molecule has 2 heterocycles. The standard InChI is InChI=1S/C6H9BO4/c7-6-4(8)5-3(11-6)1-9-2-10-5/h3-6,8H,1-2H2/t3-,4?,5+,6-/m1/s1. The molecule has 0 aromatic heterocycles. The van der Waals surface area contributed by atoms with Crippen LogP contribution in [-0.4, -0.2) is 50.7 Å². The lowest BCUT2D eigenvalue weighted by molar-refractivity contribution is -0.187. The minimum absolute atomic E-state index is 0.200. The highest BCUT2D eigenvalue weighted by Gasteiger charge is 2.43. The molecule has 2 saturated heterocycles. The van der Waals surface area contributed by atoms with E-state index in [1.54, 1.807) is 0 Å². The van der Waals surface area contributed by atoms with Crippen molar-refractivity contribution in [1.29, 1.82) is 0 Å². The number of hydrogen-bond donors (Lipinski definition) is 1. The molecule has 0 bridgehead atoms. The van der Waals surface area contributed by atoms with Gasteiger partial charge in [-0.15, -0.1) is 0 Å². The maximum absolute atomic E-state index is 9.36. The van der Waals surface area contributed by atoms with Crippen molar-refractivity contribution in [2.75, 3.05) is 13.4 Å². The molecule has 0 saturated carbocycles. The van der Waals surface area contributed by atoms with Crippen LogP contribution in [0.5, 0.6) is 0 Å². The molecular formula is C6H9BO4. The van der Waals surface area contributed by atoms with E-state index < -0.39 is 12.1 Å². The Morgan fingerprint density at radius 1 is 1.45 bits per heavy atom. The minimum Gasteiger partial charge on any atom is -0.388 e. The number of rotatable bonds is 0. The molecule has 2 fully saturated rings. The first-order valence-corrected chi connectivity index (χ1v) is 3.57. The van der Waals surface area contributed by atoms with Gasteiger partial charge in [-0.1, -0.05) is 0 Å². The Morgan fingerprint density at radius 3 is 3.00 bits per heavy atom. The van der Waals surface area contributed by atoms with Gasteiger partial charge in [0.15, 0.2) is 0 Å². The monoisotopic (exact) mass is 156 g/mol. The number of fused-ring (bicyclic) bond motifs is 1. The van der Waals surface area contributed by atoms with Crippen LogP contribution < -0.4 is 0 Å². The van der Waals surface area contributed by atoms with Crippen molar-refractivity contribution in [2.24, 2.45) is 0 Å². The van der Waals surface area contributed by atoms with Crippen molar-refractivity contribution < 1.29 is 19.3 Å². The summed E-state index contributed by atoms with van der Waals surface area (Å²) in [7, 11) is 5.43. The van der Waals surface area contributed by atoms with Crippen LogP contribution in [0.2, 0.25) is 0 Å². The zero-order valence-electron chi connectivity index (χ0n) is 5.97. The van der Waals surface area contributed by atoms with Gasteiger partial charge >= 0.3 is 0 Å². The highest BCUT2D eigenvalue weighted by atomic mass is 16.7. The Labute approximate surface area is 65.8 Å². The van der Waals surface area contributed by atoms with Crippen molar-refractivity contribution in [3.8, 4) is 0 Å². The molecule has 1 N–H and O–H groups in total. The molecule has 4 atom stereocenters. The van der Waals surface area contributed by atoms with Crippen molar-refractivity contribution in [1.82, 2.24) is 0 Å². The largest absolute Gasteiger partial charge is 0.388 e. The van der Waals surface area contributed by atoms with E-state index in [2.05, 4.69) is 0 Å². The van der Waals surface area contributed by atoms with Gasteiger partial charge < -0.3 is 19.3 Å². The summed E-state index contributed by atoms with van der Waals surface area (Å²) in [6.45, 7) is 0.670. The lowest BCUT2D eigenvalue weighted by Gasteiger charge is -2.25. The van der Waals surface area contributed by atoms with Gasteiger partial charge in [0.05, 0.1) is 6.61 Å². The Kier molecular flexibility index (Phi) is 1.89. The third-order valence-electron chi connectivity index (χ3n) is 2.00. The van der Waals surface area contributed by atoms with E-state index >= 15 is 0 Å². The first kappa shape index (κ1) is 7.55.